The molecule has 9 nitrogen and oxygen atoms in total. The van der Waals surface area contributed by atoms with Crippen molar-refractivity contribution < 1.29 is 28.7 Å². The van der Waals surface area contributed by atoms with Gasteiger partial charge in [0.25, 0.3) is 5.69 Å². The van der Waals surface area contributed by atoms with Crippen molar-refractivity contribution in [3.63, 3.8) is 0 Å². The van der Waals surface area contributed by atoms with Gasteiger partial charge in [-0.3, -0.25) is 14.9 Å². The van der Waals surface area contributed by atoms with E-state index in [-0.39, 0.29) is 34.4 Å². The summed E-state index contributed by atoms with van der Waals surface area (Å²) in [4.78, 5) is 38.1. The highest BCUT2D eigenvalue weighted by Crippen LogP contribution is 2.47. The summed E-state index contributed by atoms with van der Waals surface area (Å²) in [5.41, 5.74) is 2.87. The quantitative estimate of drug-likeness (QED) is 0.275. The van der Waals surface area contributed by atoms with E-state index in [4.69, 9.17) is 25.8 Å². The average molecular weight is 541 g/mol. The summed E-state index contributed by atoms with van der Waals surface area (Å²) in [6.07, 6.45) is 0.287. The minimum absolute atomic E-state index is 0.0302. The van der Waals surface area contributed by atoms with E-state index in [1.54, 1.807) is 47.1 Å². The Labute approximate surface area is 225 Å². The predicted octanol–water partition coefficient (Wildman–Crippen LogP) is 5.58. The van der Waals surface area contributed by atoms with E-state index in [0.29, 0.717) is 40.5 Å². The molecular weight excluding hydrogens is 512 g/mol. The van der Waals surface area contributed by atoms with Crippen LogP contribution in [-0.2, 0) is 14.3 Å². The zero-order chi connectivity index (χ0) is 27.7. The Bertz CT molecular complexity index is 1380. The predicted molar refractivity (Wildman–Crippen MR) is 141 cm³/mol. The van der Waals surface area contributed by atoms with E-state index in [0.717, 1.165) is 5.56 Å². The maximum absolute atomic E-state index is 13.8. The van der Waals surface area contributed by atoms with Gasteiger partial charge in [0.2, 0.25) is 0 Å². The van der Waals surface area contributed by atoms with Crippen molar-refractivity contribution in [2.45, 2.75) is 51.6 Å². The number of nitro benzene ring substituents is 1. The summed E-state index contributed by atoms with van der Waals surface area (Å²) in [6, 6.07) is 9.92. The monoisotopic (exact) mass is 540 g/mol. The third-order valence-electron chi connectivity index (χ3n) is 6.77. The summed E-state index contributed by atoms with van der Waals surface area (Å²) in [6.45, 7) is 5.20. The fourth-order valence-corrected chi connectivity index (χ4v) is 5.30. The summed E-state index contributed by atoms with van der Waals surface area (Å²) in [5, 5.41) is 14.9. The Hall–Kier alpha value is -3.85. The Kier molecular flexibility index (Phi) is 7.78. The number of halogens is 1. The van der Waals surface area contributed by atoms with E-state index in [9.17, 15) is 19.7 Å². The number of nitrogens with one attached hydrogen (secondary N) is 1. The first-order valence-corrected chi connectivity index (χ1v) is 12.5. The number of carbonyl (C=O) groups excluding carboxylic acids is 2. The first-order valence-electron chi connectivity index (χ1n) is 12.2. The number of ketones is 1. The summed E-state index contributed by atoms with van der Waals surface area (Å²) >= 11 is 6.07. The fourth-order valence-electron chi connectivity index (χ4n) is 5.11. The fraction of sp³-hybridized carbons (Fsp3) is 0.357. The molecule has 0 saturated carbocycles. The molecule has 38 heavy (non-hydrogen) atoms. The number of Topliss-reactive ketones (excluding diaryl/α,β-unsaturated/α-hetero) is 1. The molecule has 10 heteroatoms. The number of methoxy groups -OCH3 is 2. The van der Waals surface area contributed by atoms with Crippen LogP contribution in [0.25, 0.3) is 0 Å². The number of nitrogens with zero attached hydrogens (tertiary/aromatic N) is 1. The third kappa shape index (κ3) is 5.11. The minimum atomic E-state index is -0.840. The largest absolute Gasteiger partial charge is 0.493 e. The highest BCUT2D eigenvalue weighted by molar-refractivity contribution is 6.32. The van der Waals surface area contributed by atoms with Crippen molar-refractivity contribution in [2.24, 2.45) is 0 Å². The number of nitro groups is 1. The van der Waals surface area contributed by atoms with Gasteiger partial charge in [-0.05, 0) is 62.4 Å². The molecule has 1 aliphatic carbocycles. The molecule has 0 amide bonds. The van der Waals surface area contributed by atoms with Crippen LogP contribution >= 0.6 is 11.6 Å². The number of dihydropyridines is 1. The number of hydrogen-bond donors (Lipinski definition) is 1. The lowest BCUT2D eigenvalue weighted by Gasteiger charge is -2.37. The highest BCUT2D eigenvalue weighted by atomic mass is 35.5. The SMILES string of the molecule is COc1ccc(C2CC(=O)C3=C(C2)NC(C)=C(C(=O)OC(C)C)C3c2ccc(Cl)c([N+](=O)[O-])c2)cc1OC. The van der Waals surface area contributed by atoms with E-state index in [1.165, 1.54) is 12.1 Å². The molecule has 0 spiro atoms. The molecule has 200 valence electrons. The maximum Gasteiger partial charge on any atom is 0.337 e. The van der Waals surface area contributed by atoms with Crippen LogP contribution in [0.4, 0.5) is 5.69 Å². The molecule has 2 aromatic rings. The van der Waals surface area contributed by atoms with Gasteiger partial charge >= 0.3 is 5.97 Å². The number of ether oxygens (including phenoxy) is 3. The lowest BCUT2D eigenvalue weighted by Crippen LogP contribution is -2.36. The first-order chi connectivity index (χ1) is 18.0. The van der Waals surface area contributed by atoms with Gasteiger partial charge < -0.3 is 19.5 Å². The van der Waals surface area contributed by atoms with E-state index in [1.807, 2.05) is 12.1 Å². The summed E-state index contributed by atoms with van der Waals surface area (Å²) < 4.78 is 16.3. The van der Waals surface area contributed by atoms with Crippen LogP contribution in [0.2, 0.25) is 5.02 Å². The molecule has 2 aromatic carbocycles. The van der Waals surface area contributed by atoms with Gasteiger partial charge in [0.05, 0.1) is 30.8 Å². The van der Waals surface area contributed by atoms with Crippen LogP contribution in [-0.4, -0.2) is 37.0 Å². The molecule has 1 N–H and O–H groups in total. The molecule has 4 rings (SSSR count). The van der Waals surface area contributed by atoms with Crippen molar-refractivity contribution >= 4 is 29.0 Å². The minimum Gasteiger partial charge on any atom is -0.493 e. The number of esters is 1. The molecule has 2 unspecified atom stereocenters. The molecule has 2 atom stereocenters. The summed E-state index contributed by atoms with van der Waals surface area (Å²) in [7, 11) is 3.11. The van der Waals surface area contributed by atoms with Crippen LogP contribution in [0.15, 0.2) is 58.9 Å². The lowest BCUT2D eigenvalue weighted by atomic mass is 9.71. The van der Waals surface area contributed by atoms with Crippen molar-refractivity contribution in [3.05, 3.63) is 85.2 Å². The van der Waals surface area contributed by atoms with Crippen LogP contribution in [0.5, 0.6) is 11.5 Å². The van der Waals surface area contributed by atoms with E-state index < -0.39 is 22.9 Å². The molecule has 0 aromatic heterocycles. The van der Waals surface area contributed by atoms with Gasteiger partial charge in [-0.1, -0.05) is 23.7 Å². The number of hydrogen-bond acceptors (Lipinski definition) is 8. The van der Waals surface area contributed by atoms with Crippen LogP contribution in [0, 0.1) is 10.1 Å². The van der Waals surface area contributed by atoms with E-state index in [2.05, 4.69) is 5.32 Å². The molecule has 0 bridgehead atoms. The molecule has 1 aliphatic heterocycles. The van der Waals surface area contributed by atoms with E-state index >= 15 is 0 Å². The second-order valence-electron chi connectivity index (χ2n) is 9.55. The molecule has 0 saturated heterocycles. The number of rotatable bonds is 7. The lowest BCUT2D eigenvalue weighted by molar-refractivity contribution is -0.384. The van der Waals surface area contributed by atoms with Gasteiger partial charge in [-0.2, -0.15) is 0 Å². The zero-order valence-electron chi connectivity index (χ0n) is 21.8. The second kappa shape index (κ2) is 10.9. The average Bonchev–Trinajstić information content (AvgIpc) is 2.86. The zero-order valence-corrected chi connectivity index (χ0v) is 22.5. The third-order valence-corrected chi connectivity index (χ3v) is 7.09. The first kappa shape index (κ1) is 27.2. The van der Waals surface area contributed by atoms with Gasteiger partial charge in [0.1, 0.15) is 5.02 Å². The topological polar surface area (TPSA) is 117 Å². The summed E-state index contributed by atoms with van der Waals surface area (Å²) in [5.74, 6) is -0.587. The highest BCUT2D eigenvalue weighted by Gasteiger charge is 2.42. The Balaban J connectivity index is 1.82. The Morgan fingerprint density at radius 3 is 2.39 bits per heavy atom. The van der Waals surface area contributed by atoms with Gasteiger partial charge in [0, 0.05) is 35.4 Å². The molecule has 0 radical (unpaired) electrons. The van der Waals surface area contributed by atoms with Crippen LogP contribution < -0.4 is 14.8 Å². The van der Waals surface area contributed by atoms with Crippen molar-refractivity contribution in [1.82, 2.24) is 5.32 Å². The smallest absolute Gasteiger partial charge is 0.337 e. The Morgan fingerprint density at radius 2 is 1.76 bits per heavy atom. The number of benzene rings is 2. The Morgan fingerprint density at radius 1 is 1.08 bits per heavy atom. The molecule has 0 fully saturated rings. The van der Waals surface area contributed by atoms with Crippen molar-refractivity contribution in [2.75, 3.05) is 14.2 Å². The van der Waals surface area contributed by atoms with Crippen molar-refractivity contribution in [3.8, 4) is 11.5 Å². The van der Waals surface area contributed by atoms with Crippen molar-refractivity contribution in [1.29, 1.82) is 0 Å². The standard InChI is InChI=1S/C28H29ClN2O7/c1-14(2)38-28(33)25-15(3)30-20-10-18(16-7-9-23(36-4)24(13-16)37-5)12-22(32)27(20)26(25)17-6-8-19(29)21(11-17)31(34)35/h6-9,11,13-14,18,26,30H,10,12H2,1-5H3. The van der Waals surface area contributed by atoms with Crippen LogP contribution in [0.3, 0.4) is 0 Å². The normalized spacial score (nSPS) is 19.2. The molecule has 2 aliphatic rings. The molecule has 1 heterocycles. The maximum atomic E-state index is 13.8. The molecular formula is C28H29ClN2O7. The number of allylic oxidation sites excluding steroid dienone is 3. The van der Waals surface area contributed by atoms with Gasteiger partial charge in [-0.15, -0.1) is 0 Å². The van der Waals surface area contributed by atoms with Gasteiger partial charge in [0.15, 0.2) is 17.3 Å². The van der Waals surface area contributed by atoms with Crippen LogP contribution in [0.1, 0.15) is 56.6 Å². The second-order valence-corrected chi connectivity index (χ2v) is 9.96. The number of carbonyl (C=O) groups is 2. The van der Waals surface area contributed by atoms with Gasteiger partial charge in [-0.25, -0.2) is 4.79 Å².